The molecular formula is C15H27N3O. The van der Waals surface area contributed by atoms with Crippen LogP contribution in [0, 0.1) is 0 Å². The van der Waals surface area contributed by atoms with Crippen LogP contribution < -0.4 is 5.32 Å². The molecule has 0 spiro atoms. The molecule has 4 heteroatoms. The van der Waals surface area contributed by atoms with Gasteiger partial charge in [0.15, 0.2) is 0 Å². The van der Waals surface area contributed by atoms with Crippen molar-refractivity contribution >= 4 is 0 Å². The standard InChI is InChI=1S/C15H27N3O/c1-13(2)18-12-17-11-14(18)10-16-8-9-19-15-6-4-3-5-7-15/h11-13,15-16H,3-10H2,1-2H3. The molecule has 1 heterocycles. The molecular weight excluding hydrogens is 238 g/mol. The highest BCUT2D eigenvalue weighted by Crippen LogP contribution is 2.19. The molecule has 1 fully saturated rings. The van der Waals surface area contributed by atoms with Crippen LogP contribution in [0.4, 0.5) is 0 Å². The monoisotopic (exact) mass is 265 g/mol. The molecule has 2 rings (SSSR count). The van der Waals surface area contributed by atoms with Gasteiger partial charge in [-0.3, -0.25) is 0 Å². The lowest BCUT2D eigenvalue weighted by Gasteiger charge is -2.22. The Morgan fingerprint density at radius 1 is 1.37 bits per heavy atom. The smallest absolute Gasteiger partial charge is 0.0951 e. The summed E-state index contributed by atoms with van der Waals surface area (Å²) in [4.78, 5) is 4.21. The highest BCUT2D eigenvalue weighted by Gasteiger charge is 2.13. The van der Waals surface area contributed by atoms with Gasteiger partial charge in [-0.25, -0.2) is 4.98 Å². The quantitative estimate of drug-likeness (QED) is 0.770. The van der Waals surface area contributed by atoms with E-state index in [-0.39, 0.29) is 0 Å². The van der Waals surface area contributed by atoms with E-state index in [2.05, 4.69) is 28.7 Å². The van der Waals surface area contributed by atoms with Crippen molar-refractivity contribution in [1.29, 1.82) is 0 Å². The molecule has 4 nitrogen and oxygen atoms in total. The van der Waals surface area contributed by atoms with Gasteiger partial charge in [-0.15, -0.1) is 0 Å². The number of aromatic nitrogens is 2. The van der Waals surface area contributed by atoms with E-state index >= 15 is 0 Å². The summed E-state index contributed by atoms with van der Waals surface area (Å²) in [5, 5.41) is 3.44. The van der Waals surface area contributed by atoms with Crippen LogP contribution in [0.2, 0.25) is 0 Å². The fourth-order valence-electron chi connectivity index (χ4n) is 2.68. The summed E-state index contributed by atoms with van der Waals surface area (Å²) in [6, 6.07) is 0.470. The summed E-state index contributed by atoms with van der Waals surface area (Å²) in [5.74, 6) is 0. The highest BCUT2D eigenvalue weighted by molar-refractivity contribution is 4.99. The van der Waals surface area contributed by atoms with Gasteiger partial charge in [-0.2, -0.15) is 0 Å². The van der Waals surface area contributed by atoms with E-state index in [4.69, 9.17) is 4.74 Å². The number of hydrogen-bond acceptors (Lipinski definition) is 3. The molecule has 0 saturated heterocycles. The lowest BCUT2D eigenvalue weighted by molar-refractivity contribution is 0.0302. The van der Waals surface area contributed by atoms with Gasteiger partial charge in [0.05, 0.1) is 24.7 Å². The molecule has 1 aromatic heterocycles. The Morgan fingerprint density at radius 2 is 2.16 bits per heavy atom. The molecule has 1 N–H and O–H groups in total. The minimum atomic E-state index is 0.470. The molecule has 0 aromatic carbocycles. The Labute approximate surface area is 116 Å². The molecule has 0 amide bonds. The Kier molecular flexibility index (Phi) is 5.86. The van der Waals surface area contributed by atoms with Crippen molar-refractivity contribution in [2.45, 2.75) is 64.6 Å². The highest BCUT2D eigenvalue weighted by atomic mass is 16.5. The van der Waals surface area contributed by atoms with Gasteiger partial charge >= 0.3 is 0 Å². The van der Waals surface area contributed by atoms with Crippen LogP contribution in [-0.2, 0) is 11.3 Å². The van der Waals surface area contributed by atoms with Crippen molar-refractivity contribution in [2.75, 3.05) is 13.2 Å². The van der Waals surface area contributed by atoms with Gasteiger partial charge in [0.2, 0.25) is 0 Å². The van der Waals surface area contributed by atoms with Gasteiger partial charge in [0.1, 0.15) is 0 Å². The number of nitrogens with zero attached hydrogens (tertiary/aromatic N) is 2. The first-order valence-corrected chi connectivity index (χ1v) is 7.60. The Morgan fingerprint density at radius 3 is 2.89 bits per heavy atom. The van der Waals surface area contributed by atoms with Crippen molar-refractivity contribution in [3.8, 4) is 0 Å². The minimum absolute atomic E-state index is 0.470. The summed E-state index contributed by atoms with van der Waals surface area (Å²) in [7, 11) is 0. The average molecular weight is 265 g/mol. The van der Waals surface area contributed by atoms with Crippen molar-refractivity contribution < 1.29 is 4.74 Å². The Hall–Kier alpha value is -0.870. The van der Waals surface area contributed by atoms with Crippen molar-refractivity contribution in [3.05, 3.63) is 18.2 Å². The van der Waals surface area contributed by atoms with E-state index in [9.17, 15) is 0 Å². The van der Waals surface area contributed by atoms with Crippen molar-refractivity contribution in [1.82, 2.24) is 14.9 Å². The lowest BCUT2D eigenvalue weighted by atomic mass is 9.98. The molecule has 19 heavy (non-hydrogen) atoms. The summed E-state index contributed by atoms with van der Waals surface area (Å²) >= 11 is 0. The van der Waals surface area contributed by atoms with Crippen LogP contribution in [-0.4, -0.2) is 28.8 Å². The third-order valence-corrected chi connectivity index (χ3v) is 3.79. The topological polar surface area (TPSA) is 39.1 Å². The minimum Gasteiger partial charge on any atom is -0.377 e. The largest absolute Gasteiger partial charge is 0.377 e. The molecule has 0 radical (unpaired) electrons. The molecule has 0 unspecified atom stereocenters. The van der Waals surface area contributed by atoms with E-state index in [1.165, 1.54) is 37.8 Å². The second kappa shape index (κ2) is 7.65. The van der Waals surface area contributed by atoms with Gasteiger partial charge in [-0.1, -0.05) is 19.3 Å². The van der Waals surface area contributed by atoms with E-state index in [0.29, 0.717) is 12.1 Å². The molecule has 1 aliphatic rings. The van der Waals surface area contributed by atoms with Crippen LogP contribution in [0.25, 0.3) is 0 Å². The summed E-state index contributed by atoms with van der Waals surface area (Å²) in [6.07, 6.45) is 10.9. The van der Waals surface area contributed by atoms with Gasteiger partial charge < -0.3 is 14.6 Å². The Balaban J connectivity index is 1.59. The van der Waals surface area contributed by atoms with E-state index in [1.807, 2.05) is 12.5 Å². The summed E-state index contributed by atoms with van der Waals surface area (Å²) in [5.41, 5.74) is 1.24. The molecule has 0 aliphatic heterocycles. The lowest BCUT2D eigenvalue weighted by Crippen LogP contribution is -2.25. The maximum atomic E-state index is 5.90. The SMILES string of the molecule is CC(C)n1cncc1CNCCOC1CCCCC1. The zero-order valence-corrected chi connectivity index (χ0v) is 12.3. The van der Waals surface area contributed by atoms with E-state index in [0.717, 1.165) is 19.7 Å². The zero-order chi connectivity index (χ0) is 13.5. The zero-order valence-electron chi connectivity index (χ0n) is 12.3. The van der Waals surface area contributed by atoms with Crippen LogP contribution in [0.15, 0.2) is 12.5 Å². The molecule has 1 aliphatic carbocycles. The molecule has 108 valence electrons. The van der Waals surface area contributed by atoms with Crippen LogP contribution in [0.1, 0.15) is 57.7 Å². The molecule has 0 bridgehead atoms. The summed E-state index contributed by atoms with van der Waals surface area (Å²) < 4.78 is 8.10. The maximum Gasteiger partial charge on any atom is 0.0951 e. The fraction of sp³-hybridized carbons (Fsp3) is 0.800. The maximum absolute atomic E-state index is 5.90. The summed E-state index contributed by atoms with van der Waals surface area (Å²) in [6.45, 7) is 6.96. The second-order valence-electron chi connectivity index (χ2n) is 5.69. The number of imidazole rings is 1. The molecule has 1 saturated carbocycles. The average Bonchev–Trinajstić information content (AvgIpc) is 2.88. The molecule has 0 atom stereocenters. The predicted octanol–water partition coefficient (Wildman–Crippen LogP) is 2.90. The second-order valence-corrected chi connectivity index (χ2v) is 5.69. The van der Waals surface area contributed by atoms with Gasteiger partial charge in [0, 0.05) is 25.3 Å². The van der Waals surface area contributed by atoms with Crippen LogP contribution in [0.5, 0.6) is 0 Å². The van der Waals surface area contributed by atoms with Crippen LogP contribution >= 0.6 is 0 Å². The Bertz CT molecular complexity index is 356. The van der Waals surface area contributed by atoms with E-state index < -0.39 is 0 Å². The first-order chi connectivity index (χ1) is 9.27. The van der Waals surface area contributed by atoms with Gasteiger partial charge in [0.25, 0.3) is 0 Å². The van der Waals surface area contributed by atoms with Crippen molar-refractivity contribution in [3.63, 3.8) is 0 Å². The first kappa shape index (κ1) is 14.5. The van der Waals surface area contributed by atoms with Gasteiger partial charge in [-0.05, 0) is 26.7 Å². The van der Waals surface area contributed by atoms with Crippen molar-refractivity contribution in [2.24, 2.45) is 0 Å². The third-order valence-electron chi connectivity index (χ3n) is 3.79. The fourth-order valence-corrected chi connectivity index (χ4v) is 2.68. The number of nitrogens with one attached hydrogen (secondary N) is 1. The third kappa shape index (κ3) is 4.62. The van der Waals surface area contributed by atoms with Crippen LogP contribution in [0.3, 0.4) is 0 Å². The molecule has 1 aromatic rings. The first-order valence-electron chi connectivity index (χ1n) is 7.60. The number of hydrogen-bond donors (Lipinski definition) is 1. The van der Waals surface area contributed by atoms with E-state index in [1.54, 1.807) is 0 Å². The number of ether oxygens (including phenoxy) is 1. The normalized spacial score (nSPS) is 17.2. The predicted molar refractivity (Wildman–Crippen MR) is 77.1 cm³/mol. The number of rotatable bonds is 7.